The molecule has 0 unspecified atom stereocenters. The smallest absolute Gasteiger partial charge is 0.395 e. The van der Waals surface area contributed by atoms with E-state index in [9.17, 15) is 8.78 Å². The van der Waals surface area contributed by atoms with Crippen LogP contribution in [0.3, 0.4) is 0 Å². The average molecular weight is 375 g/mol. The standard InChI is InChI=1S/C18H24F2N2O2.ClH/c1-2-3-4-5-8-15(22-12-10-21-11-13-22)14-7-6-9-16-17(14)24-18(19,20)23-16;/h2,6-7,9,15,21H,1,3-5,8,10-13H2;1H/t15-;/m0./s1. The first-order valence-electron chi connectivity index (χ1n) is 8.55. The van der Waals surface area contributed by atoms with E-state index in [1.165, 1.54) is 6.07 Å². The molecule has 2 aliphatic heterocycles. The molecule has 1 fully saturated rings. The van der Waals surface area contributed by atoms with Crippen LogP contribution in [0.25, 0.3) is 0 Å². The van der Waals surface area contributed by atoms with Gasteiger partial charge in [0.25, 0.3) is 0 Å². The number of rotatable bonds is 7. The van der Waals surface area contributed by atoms with Crippen LogP contribution in [-0.4, -0.2) is 37.4 Å². The molecule has 1 atom stereocenters. The van der Waals surface area contributed by atoms with E-state index in [0.717, 1.165) is 57.4 Å². The van der Waals surface area contributed by atoms with Gasteiger partial charge in [0, 0.05) is 37.8 Å². The van der Waals surface area contributed by atoms with Gasteiger partial charge in [-0.2, -0.15) is 0 Å². The molecule has 0 saturated carbocycles. The molecule has 0 aliphatic carbocycles. The number of piperazine rings is 1. The van der Waals surface area contributed by atoms with Crippen molar-refractivity contribution in [1.82, 2.24) is 10.2 Å². The molecule has 7 heteroatoms. The molecule has 1 N–H and O–H groups in total. The van der Waals surface area contributed by atoms with E-state index in [-0.39, 0.29) is 29.9 Å². The van der Waals surface area contributed by atoms with Crippen LogP contribution in [0.4, 0.5) is 8.78 Å². The fourth-order valence-electron chi connectivity index (χ4n) is 3.41. The Labute approximate surface area is 153 Å². The van der Waals surface area contributed by atoms with E-state index < -0.39 is 6.29 Å². The van der Waals surface area contributed by atoms with Gasteiger partial charge >= 0.3 is 6.29 Å². The summed E-state index contributed by atoms with van der Waals surface area (Å²) in [6.45, 7) is 7.36. The molecule has 2 aliphatic rings. The SMILES string of the molecule is C=CCCCC[C@@H](c1cccc2c1OC(F)(F)O2)N1CCNCC1.Cl. The van der Waals surface area contributed by atoms with Gasteiger partial charge < -0.3 is 14.8 Å². The quantitative estimate of drug-likeness (QED) is 0.575. The van der Waals surface area contributed by atoms with Gasteiger partial charge in [0.15, 0.2) is 11.5 Å². The van der Waals surface area contributed by atoms with Crippen molar-refractivity contribution in [2.45, 2.75) is 38.0 Å². The number of fused-ring (bicyclic) bond motifs is 1. The van der Waals surface area contributed by atoms with Gasteiger partial charge in [-0.05, 0) is 25.3 Å². The molecule has 3 rings (SSSR count). The maximum absolute atomic E-state index is 13.5. The van der Waals surface area contributed by atoms with E-state index in [0.29, 0.717) is 0 Å². The number of ether oxygens (including phenoxy) is 2. The number of para-hydroxylation sites is 1. The zero-order chi connectivity index (χ0) is 17.0. The van der Waals surface area contributed by atoms with Gasteiger partial charge in [0.2, 0.25) is 0 Å². The van der Waals surface area contributed by atoms with Gasteiger partial charge in [-0.15, -0.1) is 27.8 Å². The van der Waals surface area contributed by atoms with Crippen molar-refractivity contribution in [2.24, 2.45) is 0 Å². The van der Waals surface area contributed by atoms with Gasteiger partial charge in [-0.1, -0.05) is 24.6 Å². The first kappa shape index (κ1) is 19.9. The maximum Gasteiger partial charge on any atom is 0.586 e. The number of halogens is 3. The normalized spacial score (nSPS) is 19.9. The summed E-state index contributed by atoms with van der Waals surface area (Å²) in [5, 5.41) is 3.33. The van der Waals surface area contributed by atoms with E-state index in [4.69, 9.17) is 4.74 Å². The van der Waals surface area contributed by atoms with Crippen molar-refractivity contribution in [3.05, 3.63) is 36.4 Å². The molecule has 140 valence electrons. The highest BCUT2D eigenvalue weighted by Crippen LogP contribution is 2.47. The molecule has 2 heterocycles. The fourth-order valence-corrected chi connectivity index (χ4v) is 3.41. The Morgan fingerprint density at radius 1 is 1.24 bits per heavy atom. The van der Waals surface area contributed by atoms with E-state index >= 15 is 0 Å². The number of alkyl halides is 2. The second kappa shape index (κ2) is 8.83. The summed E-state index contributed by atoms with van der Waals surface area (Å²) in [6, 6.07) is 5.23. The van der Waals surface area contributed by atoms with Crippen molar-refractivity contribution in [1.29, 1.82) is 0 Å². The van der Waals surface area contributed by atoms with Gasteiger partial charge in [0.05, 0.1) is 0 Å². The molecule has 0 aromatic heterocycles. The zero-order valence-electron chi connectivity index (χ0n) is 14.2. The van der Waals surface area contributed by atoms with Crippen molar-refractivity contribution in [2.75, 3.05) is 26.2 Å². The Bertz CT molecular complexity index is 580. The molecular weight excluding hydrogens is 350 g/mol. The van der Waals surface area contributed by atoms with Crippen LogP contribution in [0, 0.1) is 0 Å². The summed E-state index contributed by atoms with van der Waals surface area (Å²) >= 11 is 0. The third-order valence-corrected chi connectivity index (χ3v) is 4.55. The molecule has 0 amide bonds. The Morgan fingerprint density at radius 3 is 2.72 bits per heavy atom. The number of benzene rings is 1. The minimum absolute atomic E-state index is 0. The summed E-state index contributed by atoms with van der Waals surface area (Å²) in [5.41, 5.74) is 0.796. The van der Waals surface area contributed by atoms with Crippen LogP contribution < -0.4 is 14.8 Å². The van der Waals surface area contributed by atoms with Gasteiger partial charge in [-0.25, -0.2) is 0 Å². The molecular formula is C18H25ClF2N2O2. The average Bonchev–Trinajstić information content (AvgIpc) is 2.90. The fraction of sp³-hybridized carbons (Fsp3) is 0.556. The lowest BCUT2D eigenvalue weighted by atomic mass is 9.97. The molecule has 1 aromatic rings. The first-order chi connectivity index (χ1) is 11.6. The van der Waals surface area contributed by atoms with E-state index in [1.54, 1.807) is 6.07 Å². The van der Waals surface area contributed by atoms with Crippen molar-refractivity contribution < 1.29 is 18.3 Å². The molecule has 0 radical (unpaired) electrons. The molecule has 4 nitrogen and oxygen atoms in total. The minimum atomic E-state index is -3.57. The van der Waals surface area contributed by atoms with Crippen LogP contribution in [0.5, 0.6) is 11.5 Å². The predicted molar refractivity (Wildman–Crippen MR) is 95.7 cm³/mol. The Morgan fingerprint density at radius 2 is 2.00 bits per heavy atom. The highest BCUT2D eigenvalue weighted by Gasteiger charge is 2.45. The van der Waals surface area contributed by atoms with Crippen LogP contribution in [0.1, 0.15) is 37.3 Å². The first-order valence-corrected chi connectivity index (χ1v) is 8.55. The highest BCUT2D eigenvalue weighted by atomic mass is 35.5. The van der Waals surface area contributed by atoms with Crippen LogP contribution in [0.2, 0.25) is 0 Å². The molecule has 1 saturated heterocycles. The van der Waals surface area contributed by atoms with Crippen molar-refractivity contribution >= 4 is 12.4 Å². The van der Waals surface area contributed by atoms with Crippen LogP contribution in [0.15, 0.2) is 30.9 Å². The third-order valence-electron chi connectivity index (χ3n) is 4.55. The lowest BCUT2D eigenvalue weighted by molar-refractivity contribution is -0.287. The zero-order valence-corrected chi connectivity index (χ0v) is 15.0. The molecule has 0 spiro atoms. The Kier molecular flexibility index (Phi) is 7.04. The highest BCUT2D eigenvalue weighted by molar-refractivity contribution is 5.85. The minimum Gasteiger partial charge on any atom is -0.395 e. The number of hydrogen-bond acceptors (Lipinski definition) is 4. The molecule has 25 heavy (non-hydrogen) atoms. The van der Waals surface area contributed by atoms with Gasteiger partial charge in [-0.3, -0.25) is 4.90 Å². The molecule has 1 aromatic carbocycles. The van der Waals surface area contributed by atoms with Crippen molar-refractivity contribution in [3.8, 4) is 11.5 Å². The predicted octanol–water partition coefficient (Wildman–Crippen LogP) is 4.12. The van der Waals surface area contributed by atoms with Crippen LogP contribution >= 0.6 is 12.4 Å². The lowest BCUT2D eigenvalue weighted by Crippen LogP contribution is -2.45. The van der Waals surface area contributed by atoms with Gasteiger partial charge in [0.1, 0.15) is 0 Å². The van der Waals surface area contributed by atoms with Crippen LogP contribution in [-0.2, 0) is 0 Å². The van der Waals surface area contributed by atoms with Crippen molar-refractivity contribution in [3.63, 3.8) is 0 Å². The monoisotopic (exact) mass is 374 g/mol. The number of nitrogens with zero attached hydrogens (tertiary/aromatic N) is 1. The topological polar surface area (TPSA) is 33.7 Å². The lowest BCUT2D eigenvalue weighted by Gasteiger charge is -2.35. The number of nitrogens with one attached hydrogen (secondary N) is 1. The summed E-state index contributed by atoms with van der Waals surface area (Å²) in [5.74, 6) is 0.318. The Balaban J connectivity index is 0.00000225. The second-order valence-corrected chi connectivity index (χ2v) is 6.22. The Hall–Kier alpha value is -1.37. The largest absolute Gasteiger partial charge is 0.586 e. The van der Waals surface area contributed by atoms with E-state index in [1.807, 2.05) is 12.1 Å². The summed E-state index contributed by atoms with van der Waals surface area (Å²) in [6.07, 6.45) is 2.28. The summed E-state index contributed by atoms with van der Waals surface area (Å²) in [4.78, 5) is 2.35. The summed E-state index contributed by atoms with van der Waals surface area (Å²) < 4.78 is 36.4. The number of unbranched alkanes of at least 4 members (excludes halogenated alkanes) is 2. The molecule has 0 bridgehead atoms. The maximum atomic E-state index is 13.5. The third kappa shape index (κ3) is 4.84. The second-order valence-electron chi connectivity index (χ2n) is 6.22. The summed E-state index contributed by atoms with van der Waals surface area (Å²) in [7, 11) is 0. The van der Waals surface area contributed by atoms with E-state index in [2.05, 4.69) is 21.5 Å². The number of allylic oxidation sites excluding steroid dienone is 1. The number of hydrogen-bond donors (Lipinski definition) is 1.